The highest BCUT2D eigenvalue weighted by Crippen LogP contribution is 2.08. The molecule has 0 saturated carbocycles. The molecule has 0 spiro atoms. The van der Waals surface area contributed by atoms with Crippen molar-refractivity contribution in [2.45, 2.75) is 58.6 Å². The first-order valence-electron chi connectivity index (χ1n) is 5.88. The molecule has 0 aromatic heterocycles. The summed E-state index contributed by atoms with van der Waals surface area (Å²) in [5, 5.41) is 11.3. The molecule has 0 aromatic carbocycles. The Morgan fingerprint density at radius 3 is 2.44 bits per heavy atom. The quantitative estimate of drug-likeness (QED) is 0.583. The molecule has 0 bridgehead atoms. The first-order chi connectivity index (χ1) is 8.26. The molecule has 0 aliphatic carbocycles. The molecule has 2 N–H and O–H groups in total. The third-order valence-corrected chi connectivity index (χ3v) is 1.96. The number of carbonyl (C=O) groups excluding carboxylic acids is 1. The summed E-state index contributed by atoms with van der Waals surface area (Å²) in [6.45, 7) is 6.89. The molecule has 18 heavy (non-hydrogen) atoms. The number of rotatable bonds is 5. The minimum Gasteiger partial charge on any atom is -0.480 e. The minimum atomic E-state index is -1.06. The van der Waals surface area contributed by atoms with Crippen LogP contribution in [0.4, 0.5) is 4.79 Å². The number of carboxylic acid groups (broad SMARTS) is 1. The van der Waals surface area contributed by atoms with Crippen molar-refractivity contribution >= 4 is 12.1 Å². The zero-order valence-electron chi connectivity index (χ0n) is 11.4. The van der Waals surface area contributed by atoms with Crippen LogP contribution in [0.5, 0.6) is 0 Å². The third kappa shape index (κ3) is 8.45. The van der Waals surface area contributed by atoms with E-state index < -0.39 is 23.7 Å². The Kier molecular flexibility index (Phi) is 6.88. The average molecular weight is 255 g/mol. The Hall–Kier alpha value is -1.70. The number of ether oxygens (including phenoxy) is 1. The molecule has 0 aliphatic rings. The van der Waals surface area contributed by atoms with Crippen LogP contribution in [0.3, 0.4) is 0 Å². The van der Waals surface area contributed by atoms with Gasteiger partial charge in [-0.1, -0.05) is 0 Å². The number of carboxylic acids is 1. The summed E-state index contributed by atoms with van der Waals surface area (Å²) < 4.78 is 5.00. The van der Waals surface area contributed by atoms with E-state index in [0.29, 0.717) is 19.3 Å². The highest BCUT2D eigenvalue weighted by atomic mass is 16.6. The number of aliphatic carboxylic acids is 1. The zero-order valence-corrected chi connectivity index (χ0v) is 11.4. The molecule has 5 nitrogen and oxygen atoms in total. The van der Waals surface area contributed by atoms with Gasteiger partial charge in [-0.3, -0.25) is 0 Å². The molecule has 0 unspecified atom stereocenters. The van der Waals surface area contributed by atoms with Crippen LogP contribution in [0.25, 0.3) is 0 Å². The Labute approximate surface area is 108 Å². The summed E-state index contributed by atoms with van der Waals surface area (Å²) in [6, 6.07) is -0.932. The summed E-state index contributed by atoms with van der Waals surface area (Å²) >= 11 is 0. The molecule has 0 rings (SSSR count). The van der Waals surface area contributed by atoms with Crippen molar-refractivity contribution in [3.05, 3.63) is 0 Å². The van der Waals surface area contributed by atoms with Crippen molar-refractivity contribution in [1.82, 2.24) is 5.32 Å². The first-order valence-corrected chi connectivity index (χ1v) is 5.88. The van der Waals surface area contributed by atoms with Gasteiger partial charge in [-0.25, -0.2) is 9.59 Å². The fourth-order valence-corrected chi connectivity index (χ4v) is 1.23. The molecular weight excluding hydrogens is 234 g/mol. The number of hydrogen-bond acceptors (Lipinski definition) is 3. The number of amides is 1. The number of carbonyl (C=O) groups is 2. The Morgan fingerprint density at radius 1 is 1.39 bits per heavy atom. The molecule has 0 radical (unpaired) electrons. The summed E-state index contributed by atoms with van der Waals surface area (Å²) in [7, 11) is 0. The molecular formula is C13H21NO4. The Bertz CT molecular complexity index is 346. The molecule has 102 valence electrons. The zero-order chi connectivity index (χ0) is 14.2. The van der Waals surface area contributed by atoms with Crippen LogP contribution in [0.1, 0.15) is 47.0 Å². The van der Waals surface area contributed by atoms with Gasteiger partial charge < -0.3 is 15.2 Å². The standard InChI is InChI=1S/C13H21NO4/c1-5-6-7-8-9-10(11(15)16)14-12(17)18-13(2,3)4/h10H,7-9H2,1-4H3,(H,14,17)(H,15,16)/t10-/m0/s1. The Balaban J connectivity index is 4.22. The molecule has 0 heterocycles. The monoisotopic (exact) mass is 255 g/mol. The van der Waals surface area contributed by atoms with Gasteiger partial charge in [0.1, 0.15) is 11.6 Å². The van der Waals surface area contributed by atoms with Crippen LogP contribution in [-0.2, 0) is 9.53 Å². The fourth-order valence-electron chi connectivity index (χ4n) is 1.23. The second-order valence-corrected chi connectivity index (χ2v) is 4.86. The van der Waals surface area contributed by atoms with Gasteiger partial charge >= 0.3 is 12.1 Å². The van der Waals surface area contributed by atoms with E-state index >= 15 is 0 Å². The second-order valence-electron chi connectivity index (χ2n) is 4.86. The predicted octanol–water partition coefficient (Wildman–Crippen LogP) is 2.16. The van der Waals surface area contributed by atoms with E-state index in [1.54, 1.807) is 27.7 Å². The van der Waals surface area contributed by atoms with Crippen molar-refractivity contribution in [3.8, 4) is 11.8 Å². The van der Waals surface area contributed by atoms with Crippen molar-refractivity contribution in [2.24, 2.45) is 0 Å². The summed E-state index contributed by atoms with van der Waals surface area (Å²) in [5.74, 6) is 4.52. The first kappa shape index (κ1) is 16.3. The lowest BCUT2D eigenvalue weighted by atomic mass is 10.1. The fraction of sp³-hybridized carbons (Fsp3) is 0.692. The van der Waals surface area contributed by atoms with Crippen LogP contribution in [0, 0.1) is 11.8 Å². The number of alkyl carbamates (subject to hydrolysis) is 1. The second kappa shape index (κ2) is 7.59. The Morgan fingerprint density at radius 2 is 2.00 bits per heavy atom. The van der Waals surface area contributed by atoms with Gasteiger partial charge in [-0.2, -0.15) is 0 Å². The van der Waals surface area contributed by atoms with Crippen molar-refractivity contribution in [3.63, 3.8) is 0 Å². The molecule has 0 aliphatic heterocycles. The van der Waals surface area contributed by atoms with E-state index in [4.69, 9.17) is 9.84 Å². The SMILES string of the molecule is CC#CCCC[C@H](NC(=O)OC(C)(C)C)C(=O)O. The topological polar surface area (TPSA) is 75.6 Å². The maximum atomic E-state index is 11.4. The molecule has 5 heteroatoms. The molecule has 1 atom stereocenters. The van der Waals surface area contributed by atoms with E-state index in [1.807, 2.05) is 0 Å². The van der Waals surface area contributed by atoms with E-state index in [9.17, 15) is 9.59 Å². The van der Waals surface area contributed by atoms with Gasteiger partial charge in [0.25, 0.3) is 0 Å². The van der Waals surface area contributed by atoms with E-state index in [0.717, 1.165) is 0 Å². The molecule has 0 fully saturated rings. The smallest absolute Gasteiger partial charge is 0.408 e. The van der Waals surface area contributed by atoms with Crippen molar-refractivity contribution in [1.29, 1.82) is 0 Å². The molecule has 0 aromatic rings. The number of hydrogen-bond donors (Lipinski definition) is 2. The lowest BCUT2D eigenvalue weighted by Gasteiger charge is -2.21. The van der Waals surface area contributed by atoms with Gasteiger partial charge in [-0.05, 0) is 40.5 Å². The van der Waals surface area contributed by atoms with Crippen molar-refractivity contribution < 1.29 is 19.4 Å². The van der Waals surface area contributed by atoms with Crippen LogP contribution >= 0.6 is 0 Å². The molecule has 1 amide bonds. The number of unbranched alkanes of at least 4 members (excludes halogenated alkanes) is 1. The van der Waals surface area contributed by atoms with Gasteiger partial charge in [0.2, 0.25) is 0 Å². The van der Waals surface area contributed by atoms with E-state index in [2.05, 4.69) is 17.2 Å². The van der Waals surface area contributed by atoms with Gasteiger partial charge in [0.15, 0.2) is 0 Å². The summed E-state index contributed by atoms with van der Waals surface area (Å²) in [5.41, 5.74) is -0.638. The summed E-state index contributed by atoms with van der Waals surface area (Å²) in [4.78, 5) is 22.4. The van der Waals surface area contributed by atoms with Crippen LogP contribution in [0.15, 0.2) is 0 Å². The molecule has 0 saturated heterocycles. The largest absolute Gasteiger partial charge is 0.480 e. The maximum Gasteiger partial charge on any atom is 0.408 e. The number of nitrogens with one attached hydrogen (secondary N) is 1. The van der Waals surface area contributed by atoms with Crippen LogP contribution < -0.4 is 5.32 Å². The summed E-state index contributed by atoms with van der Waals surface area (Å²) in [6.07, 6.45) is 0.865. The van der Waals surface area contributed by atoms with Crippen molar-refractivity contribution in [2.75, 3.05) is 0 Å². The predicted molar refractivity (Wildman–Crippen MR) is 68.1 cm³/mol. The van der Waals surface area contributed by atoms with E-state index in [-0.39, 0.29) is 0 Å². The average Bonchev–Trinajstić information content (AvgIpc) is 2.19. The minimum absolute atomic E-state index is 0.337. The normalized spacial score (nSPS) is 12.0. The van der Waals surface area contributed by atoms with E-state index in [1.165, 1.54) is 0 Å². The maximum absolute atomic E-state index is 11.4. The lowest BCUT2D eigenvalue weighted by molar-refractivity contribution is -0.139. The lowest BCUT2D eigenvalue weighted by Crippen LogP contribution is -2.43. The van der Waals surface area contributed by atoms with Gasteiger partial charge in [0, 0.05) is 6.42 Å². The third-order valence-electron chi connectivity index (χ3n) is 1.96. The highest BCUT2D eigenvalue weighted by Gasteiger charge is 2.23. The van der Waals surface area contributed by atoms with Gasteiger partial charge in [-0.15, -0.1) is 11.8 Å². The van der Waals surface area contributed by atoms with Crippen LogP contribution in [-0.4, -0.2) is 28.8 Å². The van der Waals surface area contributed by atoms with Gasteiger partial charge in [0.05, 0.1) is 0 Å². The highest BCUT2D eigenvalue weighted by molar-refractivity contribution is 5.79. The van der Waals surface area contributed by atoms with Crippen LogP contribution in [0.2, 0.25) is 0 Å².